The van der Waals surface area contributed by atoms with Gasteiger partial charge in [-0.05, 0) is 12.8 Å². The number of hydrogen-bond acceptors (Lipinski definition) is 4. The third-order valence-electron chi connectivity index (χ3n) is 2.14. The lowest BCUT2D eigenvalue weighted by molar-refractivity contribution is -0.120. The summed E-state index contributed by atoms with van der Waals surface area (Å²) in [5, 5.41) is 0. The lowest BCUT2D eigenvalue weighted by Gasteiger charge is -2.15. The standard InChI is InChI=1S/C7H14N2O3S/c1-13(11,12)9-4-2-3-6(8)7(10)5-9/h6H,2-5,8H2,1H3. The Balaban J connectivity index is 2.76. The molecule has 1 fully saturated rings. The van der Waals surface area contributed by atoms with Gasteiger partial charge in [-0.3, -0.25) is 4.79 Å². The summed E-state index contributed by atoms with van der Waals surface area (Å²) in [7, 11) is -3.25. The van der Waals surface area contributed by atoms with E-state index in [-0.39, 0.29) is 12.3 Å². The zero-order chi connectivity index (χ0) is 10.1. The highest BCUT2D eigenvalue weighted by Gasteiger charge is 2.26. The fourth-order valence-electron chi connectivity index (χ4n) is 1.30. The third kappa shape index (κ3) is 2.75. The molecule has 1 saturated heterocycles. The van der Waals surface area contributed by atoms with Crippen LogP contribution in [0.4, 0.5) is 0 Å². The van der Waals surface area contributed by atoms with Crippen LogP contribution >= 0.6 is 0 Å². The van der Waals surface area contributed by atoms with Crippen molar-refractivity contribution in [1.29, 1.82) is 0 Å². The highest BCUT2D eigenvalue weighted by molar-refractivity contribution is 7.88. The quantitative estimate of drug-likeness (QED) is 0.593. The van der Waals surface area contributed by atoms with Gasteiger partial charge < -0.3 is 5.73 Å². The van der Waals surface area contributed by atoms with Crippen LogP contribution in [0.2, 0.25) is 0 Å². The second kappa shape index (κ2) is 3.73. The fraction of sp³-hybridized carbons (Fsp3) is 0.857. The molecule has 1 atom stereocenters. The number of carbonyl (C=O) groups is 1. The van der Waals surface area contributed by atoms with E-state index in [9.17, 15) is 13.2 Å². The minimum absolute atomic E-state index is 0.0694. The van der Waals surface area contributed by atoms with Crippen molar-refractivity contribution >= 4 is 15.8 Å². The van der Waals surface area contributed by atoms with Crippen molar-refractivity contribution in [3.8, 4) is 0 Å². The number of nitrogens with two attached hydrogens (primary N) is 1. The van der Waals surface area contributed by atoms with Gasteiger partial charge in [0.05, 0.1) is 18.8 Å². The molecule has 0 aromatic heterocycles. The molecule has 1 unspecified atom stereocenters. The van der Waals surface area contributed by atoms with Crippen molar-refractivity contribution < 1.29 is 13.2 Å². The largest absolute Gasteiger partial charge is 0.321 e. The Morgan fingerprint density at radius 2 is 2.15 bits per heavy atom. The van der Waals surface area contributed by atoms with Crippen LogP contribution in [0, 0.1) is 0 Å². The second-order valence-electron chi connectivity index (χ2n) is 3.31. The number of hydrogen-bond donors (Lipinski definition) is 1. The van der Waals surface area contributed by atoms with Crippen molar-refractivity contribution in [1.82, 2.24) is 4.31 Å². The topological polar surface area (TPSA) is 80.5 Å². The maximum atomic E-state index is 11.2. The maximum Gasteiger partial charge on any atom is 0.211 e. The van der Waals surface area contributed by atoms with Gasteiger partial charge in [-0.1, -0.05) is 0 Å². The van der Waals surface area contributed by atoms with Gasteiger partial charge >= 0.3 is 0 Å². The van der Waals surface area contributed by atoms with Gasteiger partial charge in [0, 0.05) is 6.54 Å². The Bertz CT molecular complexity index is 299. The van der Waals surface area contributed by atoms with Crippen LogP contribution in [0.25, 0.3) is 0 Å². The third-order valence-corrected chi connectivity index (χ3v) is 3.39. The van der Waals surface area contributed by atoms with E-state index in [1.807, 2.05) is 0 Å². The van der Waals surface area contributed by atoms with Gasteiger partial charge in [-0.25, -0.2) is 8.42 Å². The van der Waals surface area contributed by atoms with E-state index in [1.54, 1.807) is 0 Å². The van der Waals surface area contributed by atoms with Crippen molar-refractivity contribution in [3.05, 3.63) is 0 Å². The number of Topliss-reactive ketones (excluding diaryl/α,β-unsaturated/α-hetero) is 1. The second-order valence-corrected chi connectivity index (χ2v) is 5.29. The zero-order valence-electron chi connectivity index (χ0n) is 7.56. The molecule has 1 rings (SSSR count). The first-order chi connectivity index (χ1) is 5.91. The molecule has 0 aromatic rings. The first-order valence-electron chi connectivity index (χ1n) is 4.14. The molecule has 0 aliphatic carbocycles. The Morgan fingerprint density at radius 1 is 1.54 bits per heavy atom. The summed E-state index contributed by atoms with van der Waals surface area (Å²) in [5.74, 6) is -0.192. The molecule has 6 heteroatoms. The minimum atomic E-state index is -3.25. The van der Waals surface area contributed by atoms with Crippen LogP contribution in [-0.4, -0.2) is 43.9 Å². The zero-order valence-corrected chi connectivity index (χ0v) is 8.38. The molecule has 0 radical (unpaired) electrons. The number of nitrogens with zero attached hydrogens (tertiary/aromatic N) is 1. The molecule has 76 valence electrons. The monoisotopic (exact) mass is 206 g/mol. The Kier molecular flexibility index (Phi) is 3.05. The van der Waals surface area contributed by atoms with Crippen LogP contribution in [-0.2, 0) is 14.8 Å². The van der Waals surface area contributed by atoms with Gasteiger partial charge in [0.15, 0.2) is 5.78 Å². The molecule has 0 saturated carbocycles. The van der Waals surface area contributed by atoms with Crippen LogP contribution in [0.1, 0.15) is 12.8 Å². The molecule has 5 nitrogen and oxygen atoms in total. The van der Waals surface area contributed by atoms with Gasteiger partial charge in [0.25, 0.3) is 0 Å². The van der Waals surface area contributed by atoms with Crippen molar-refractivity contribution in [2.24, 2.45) is 5.73 Å². The summed E-state index contributed by atoms with van der Waals surface area (Å²) >= 11 is 0. The Hall–Kier alpha value is -0.460. The molecule has 0 bridgehead atoms. The first kappa shape index (κ1) is 10.6. The van der Waals surface area contributed by atoms with Crippen LogP contribution in [0.5, 0.6) is 0 Å². The molecule has 1 aliphatic heterocycles. The van der Waals surface area contributed by atoms with Crippen LogP contribution in [0.15, 0.2) is 0 Å². The lowest BCUT2D eigenvalue weighted by Crippen LogP contribution is -2.38. The van der Waals surface area contributed by atoms with E-state index < -0.39 is 16.1 Å². The number of sulfonamides is 1. The van der Waals surface area contributed by atoms with E-state index >= 15 is 0 Å². The number of carbonyl (C=O) groups excluding carboxylic acids is 1. The molecule has 0 aromatic carbocycles. The SMILES string of the molecule is CS(=O)(=O)N1CCCC(N)C(=O)C1. The predicted molar refractivity (Wildman–Crippen MR) is 48.6 cm³/mol. The first-order valence-corrected chi connectivity index (χ1v) is 5.99. The smallest absolute Gasteiger partial charge is 0.211 e. The highest BCUT2D eigenvalue weighted by Crippen LogP contribution is 2.09. The van der Waals surface area contributed by atoms with E-state index in [0.717, 1.165) is 6.26 Å². The van der Waals surface area contributed by atoms with E-state index in [4.69, 9.17) is 5.73 Å². The number of ketones is 1. The molecule has 1 heterocycles. The highest BCUT2D eigenvalue weighted by atomic mass is 32.2. The summed E-state index contributed by atoms with van der Waals surface area (Å²) in [4.78, 5) is 11.2. The van der Waals surface area contributed by atoms with Gasteiger partial charge in [0.1, 0.15) is 0 Å². The molecule has 0 amide bonds. The van der Waals surface area contributed by atoms with E-state index in [2.05, 4.69) is 0 Å². The van der Waals surface area contributed by atoms with Crippen molar-refractivity contribution in [2.75, 3.05) is 19.3 Å². The summed E-state index contributed by atoms with van der Waals surface area (Å²) < 4.78 is 23.4. The summed E-state index contributed by atoms with van der Waals surface area (Å²) in [6.45, 7) is 0.332. The average Bonchev–Trinajstić information content (AvgIpc) is 2.13. The lowest BCUT2D eigenvalue weighted by atomic mass is 10.1. The summed E-state index contributed by atoms with van der Waals surface area (Å²) in [6.07, 6.45) is 2.34. The predicted octanol–water partition coefficient (Wildman–Crippen LogP) is -1.06. The van der Waals surface area contributed by atoms with Crippen molar-refractivity contribution in [3.63, 3.8) is 0 Å². The Labute approximate surface area is 77.9 Å². The minimum Gasteiger partial charge on any atom is -0.321 e. The van der Waals surface area contributed by atoms with E-state index in [0.29, 0.717) is 19.4 Å². The maximum absolute atomic E-state index is 11.2. The molecule has 1 aliphatic rings. The summed E-state index contributed by atoms with van der Waals surface area (Å²) in [5.41, 5.74) is 5.51. The molecular weight excluding hydrogens is 192 g/mol. The molecule has 2 N–H and O–H groups in total. The Morgan fingerprint density at radius 3 is 2.69 bits per heavy atom. The van der Waals surface area contributed by atoms with Gasteiger partial charge in [0.2, 0.25) is 10.0 Å². The van der Waals surface area contributed by atoms with Gasteiger partial charge in [-0.15, -0.1) is 0 Å². The van der Waals surface area contributed by atoms with Crippen molar-refractivity contribution in [2.45, 2.75) is 18.9 Å². The van der Waals surface area contributed by atoms with Crippen LogP contribution < -0.4 is 5.73 Å². The number of rotatable bonds is 1. The van der Waals surface area contributed by atoms with Crippen LogP contribution in [0.3, 0.4) is 0 Å². The molecule has 13 heavy (non-hydrogen) atoms. The fourth-order valence-corrected chi connectivity index (χ4v) is 2.12. The molecule has 0 spiro atoms. The molecular formula is C7H14N2O3S. The van der Waals surface area contributed by atoms with E-state index in [1.165, 1.54) is 4.31 Å². The average molecular weight is 206 g/mol. The summed E-state index contributed by atoms with van der Waals surface area (Å²) in [6, 6.07) is -0.494. The van der Waals surface area contributed by atoms with Gasteiger partial charge in [-0.2, -0.15) is 4.31 Å². The normalized spacial score (nSPS) is 27.2.